The number of hydrogen-bond acceptors (Lipinski definition) is 9. The number of fused-ring (bicyclic) bond motifs is 2. The van der Waals surface area contributed by atoms with Crippen LogP contribution in [0.2, 0.25) is 28.5 Å². The Kier molecular flexibility index (Phi) is 20.3. The molecule has 310 valence electrons. The topological polar surface area (TPSA) is 157 Å². The molecule has 2 saturated heterocycles. The molecule has 2 unspecified atom stereocenters. The monoisotopic (exact) mass is 1150 g/mol. The van der Waals surface area contributed by atoms with Crippen LogP contribution in [-0.4, -0.2) is 96.7 Å². The quantitative estimate of drug-likeness (QED) is 0.0728. The van der Waals surface area contributed by atoms with E-state index in [4.69, 9.17) is 7.56 Å². The molecule has 2 fully saturated rings. The molecule has 0 aromatic heterocycles. The third kappa shape index (κ3) is 14.5. The summed E-state index contributed by atoms with van der Waals surface area (Å²) in [6.07, 6.45) is 2.35. The number of halogens is 4. The molecule has 2 atom stereocenters. The molecule has 0 aliphatic carbocycles. The molecule has 2 aromatic rings. The van der Waals surface area contributed by atoms with Crippen LogP contribution in [0, 0.1) is 0 Å². The average molecular weight is 1150 g/mol. The van der Waals surface area contributed by atoms with Gasteiger partial charge in [-0.05, 0) is 72.8 Å². The minimum Gasteiger partial charge on any atom is -0.361 e. The molecule has 13 nitrogen and oxygen atoms in total. The van der Waals surface area contributed by atoms with E-state index in [9.17, 15) is 28.8 Å². The lowest BCUT2D eigenvalue weighted by Crippen LogP contribution is -2.55. The number of carbonyl (C=O) groups is 6. The lowest BCUT2D eigenvalue weighted by molar-refractivity contribution is -0.158. The minimum atomic E-state index is -1.23. The van der Waals surface area contributed by atoms with Crippen molar-refractivity contribution in [2.75, 3.05) is 26.4 Å². The summed E-state index contributed by atoms with van der Waals surface area (Å²) < 4.78 is 23.6. The van der Waals surface area contributed by atoms with Crippen molar-refractivity contribution in [3.63, 3.8) is 0 Å². The fourth-order valence-corrected chi connectivity index (χ4v) is 8.03. The van der Waals surface area contributed by atoms with E-state index in [-0.39, 0.29) is 62.4 Å². The van der Waals surface area contributed by atoms with E-state index in [1.807, 2.05) is 76.9 Å². The third-order valence-electron chi connectivity index (χ3n) is 8.89. The van der Waals surface area contributed by atoms with E-state index in [2.05, 4.69) is 63.7 Å². The Bertz CT molecular complexity index is 1790. The number of imide groups is 2. The summed E-state index contributed by atoms with van der Waals surface area (Å²) in [6, 6.07) is 10.8. The van der Waals surface area contributed by atoms with Crippen molar-refractivity contribution in [1.82, 2.24) is 27.1 Å². The summed E-state index contributed by atoms with van der Waals surface area (Å²) >= 11 is 10.6. The predicted molar refractivity (Wildman–Crippen MR) is 245 cm³/mol. The van der Waals surface area contributed by atoms with E-state index >= 15 is 0 Å². The van der Waals surface area contributed by atoms with Gasteiger partial charge in [-0.3, -0.25) is 46.0 Å². The molecule has 6 amide bonds. The Morgan fingerprint density at radius 2 is 1.38 bits per heavy atom. The lowest BCUT2D eigenvalue weighted by atomic mass is 10.0. The second-order valence-corrected chi connectivity index (χ2v) is 23.1. The molecule has 2 aromatic carbocycles. The van der Waals surface area contributed by atoms with Crippen LogP contribution < -0.4 is 12.4 Å². The van der Waals surface area contributed by atoms with Crippen LogP contribution >= 0.6 is 77.6 Å². The first-order valence-electron chi connectivity index (χ1n) is 19.0. The van der Waals surface area contributed by atoms with Gasteiger partial charge in [-0.15, -0.1) is 0 Å². The Morgan fingerprint density at radius 3 is 1.82 bits per heavy atom. The molecule has 56 heavy (non-hydrogen) atoms. The first-order chi connectivity index (χ1) is 26.8. The summed E-state index contributed by atoms with van der Waals surface area (Å²) in [5.74, 6) is -1.50. The van der Waals surface area contributed by atoms with Gasteiger partial charge in [-0.2, -0.15) is 0 Å². The molecular weight excluding hydrogens is 1090 g/mol. The standard InChI is InChI=1S/C19H25BrN2O4Si.C13H11BrN2O3.C3H8IN.C2H6IN.CH4/c1-27(2,3)9-8-26-12-22-17(23)7-6-16(19(22)25)21-11-13-10-14(20)4-5-15(13)18(21)24;14-8-1-2-9-7(5-8)6-16(13(9)19)10-3-4-11(17)15-12(10)18;1-2-3-5-4;1-2-4-3;/h4-5,10,16H,6-9,11-12H2,1-3H3;1-2,5,10H,3-4,6H2,(H,15,17,18);5H,2-3H2,1H3;4H,2H2,1H3;1H4/i/hT2. The van der Waals surface area contributed by atoms with Gasteiger partial charge in [-0.25, -0.2) is 0 Å². The van der Waals surface area contributed by atoms with Crippen LogP contribution in [0.3, 0.4) is 0 Å². The second-order valence-electron chi connectivity index (χ2n) is 14.3. The molecule has 4 aliphatic rings. The Morgan fingerprint density at radius 1 is 0.857 bits per heavy atom. The summed E-state index contributed by atoms with van der Waals surface area (Å²) in [5.41, 5.74) is 3.06. The first kappa shape index (κ1) is 46.9. The Hall–Kier alpha value is -1.82. The highest BCUT2D eigenvalue weighted by atomic mass is 127. The van der Waals surface area contributed by atoms with E-state index in [1.54, 1.807) is 21.9 Å². The van der Waals surface area contributed by atoms with E-state index in [0.29, 0.717) is 43.7 Å². The van der Waals surface area contributed by atoms with Gasteiger partial charge in [-0.1, -0.05) is 72.8 Å². The third-order valence-corrected chi connectivity index (χ3v) is 12.7. The molecule has 4 heterocycles. The Labute approximate surface area is 379 Å². The van der Waals surface area contributed by atoms with E-state index < -0.39 is 20.2 Å². The molecule has 6 rings (SSSR count). The normalized spacial score (nSPS) is 19.4. The van der Waals surface area contributed by atoms with Crippen molar-refractivity contribution in [1.29, 1.82) is 0 Å². The highest BCUT2D eigenvalue weighted by Gasteiger charge is 2.43. The maximum Gasteiger partial charge on any atom is 0.255 e. The first-order valence-corrected chi connectivity index (χ1v) is 25.3. The molecular formula is C38H54Br2I2N6O7Si. The number of likely N-dealkylation sites (tertiary alicyclic amines) is 1. The van der Waals surface area contributed by atoms with Gasteiger partial charge >= 0.3 is 0 Å². The van der Waals surface area contributed by atoms with Crippen LogP contribution in [0.25, 0.3) is 0 Å². The van der Waals surface area contributed by atoms with E-state index in [1.165, 1.54) is 11.9 Å². The second kappa shape index (κ2) is 24.3. The van der Waals surface area contributed by atoms with Crippen molar-refractivity contribution in [2.45, 2.75) is 104 Å². The van der Waals surface area contributed by atoms with Crippen molar-refractivity contribution in [2.24, 2.45) is 0 Å². The predicted octanol–water partition coefficient (Wildman–Crippen LogP) is 7.36. The molecule has 3 N–H and O–H groups in total. The zero-order valence-electron chi connectivity index (χ0n) is 33.7. The molecule has 18 heteroatoms. The smallest absolute Gasteiger partial charge is 0.255 e. The van der Waals surface area contributed by atoms with Crippen LogP contribution in [0.1, 0.15) is 85.2 Å². The number of piperidine rings is 2. The number of hydrogen-bond donors (Lipinski definition) is 3. The lowest BCUT2D eigenvalue weighted by Gasteiger charge is -2.35. The van der Waals surface area contributed by atoms with Gasteiger partial charge < -0.3 is 14.5 Å². The molecule has 0 bridgehead atoms. The van der Waals surface area contributed by atoms with Crippen LogP contribution in [0.5, 0.6) is 0 Å². The summed E-state index contributed by atoms with van der Waals surface area (Å²) in [7, 11) is -1.23. The minimum absolute atomic E-state index is 0. The fourth-order valence-electron chi connectivity index (χ4n) is 5.97. The highest BCUT2D eigenvalue weighted by Crippen LogP contribution is 2.31. The van der Waals surface area contributed by atoms with Crippen molar-refractivity contribution in [3.05, 3.63) is 67.6 Å². The van der Waals surface area contributed by atoms with Gasteiger partial charge in [0, 0.05) is 120 Å². The van der Waals surface area contributed by atoms with Crippen LogP contribution in [0.4, 0.5) is 0 Å². The number of ether oxygens (including phenoxy) is 1. The summed E-state index contributed by atoms with van der Waals surface area (Å²) in [4.78, 5) is 77.4. The van der Waals surface area contributed by atoms with Gasteiger partial charge in [0.2, 0.25) is 17.7 Å². The highest BCUT2D eigenvalue weighted by molar-refractivity contribution is 14.1. The molecule has 4 aliphatic heterocycles. The molecule has 0 saturated carbocycles. The SMILES string of the molecule is C.C[Si](C)(C)CCOCN1C(=O)CCC(N2Cc3cc(Br)ccc3C2=O)C1=O.O=C1CCC(N2Cc3cc(Br)ccc3C2=O)C(=O)N1.[3H]N(I)CC.[3H]N(I)CCC. The maximum atomic E-state index is 12.9. The van der Waals surface area contributed by atoms with Gasteiger partial charge in [0.05, 0.1) is 0 Å². The van der Waals surface area contributed by atoms with E-state index in [0.717, 1.165) is 45.6 Å². The number of benzene rings is 2. The number of rotatable bonds is 10. The number of amides is 6. The Balaban J connectivity index is 0.000000324. The largest absolute Gasteiger partial charge is 0.361 e. The van der Waals surface area contributed by atoms with Crippen molar-refractivity contribution in [3.8, 4) is 0 Å². The molecule has 0 radical (unpaired) electrons. The van der Waals surface area contributed by atoms with Crippen LogP contribution in [-0.2, 0) is 37.0 Å². The maximum absolute atomic E-state index is 12.9. The van der Waals surface area contributed by atoms with Crippen molar-refractivity contribution >= 4 is 121 Å². The number of nitrogens with one attached hydrogen (secondary N) is 3. The van der Waals surface area contributed by atoms with Gasteiger partial charge in [0.1, 0.15) is 21.6 Å². The van der Waals surface area contributed by atoms with Gasteiger partial charge in [0.25, 0.3) is 17.7 Å². The van der Waals surface area contributed by atoms with Crippen LogP contribution in [0.15, 0.2) is 45.3 Å². The summed E-state index contributed by atoms with van der Waals surface area (Å²) in [6.45, 7) is 13.7. The van der Waals surface area contributed by atoms with Gasteiger partial charge in [0.15, 0.2) is 0 Å². The fraction of sp³-hybridized carbons (Fsp3) is 0.526. The number of carbonyl (C=O) groups excluding carboxylic acids is 6. The summed E-state index contributed by atoms with van der Waals surface area (Å²) in [5, 5.41) is 2.28. The average Bonchev–Trinajstić information content (AvgIpc) is 3.62. The zero-order valence-corrected chi connectivity index (χ0v) is 40.2. The number of nitrogens with zero attached hydrogens (tertiary/aromatic N) is 3. The zero-order chi connectivity index (χ0) is 42.6. The molecule has 0 spiro atoms. The van der Waals surface area contributed by atoms with Crippen molar-refractivity contribution < 1.29 is 36.3 Å².